The van der Waals surface area contributed by atoms with Crippen LogP contribution in [0, 0.1) is 31.6 Å². The maximum atomic E-state index is 13.5. The maximum Gasteiger partial charge on any atom is 0.264 e. The first kappa shape index (κ1) is 24.1. The summed E-state index contributed by atoms with van der Waals surface area (Å²) in [6.45, 7) is 6.04. The number of rotatable bonds is 8. The second kappa shape index (κ2) is 9.67. The summed E-state index contributed by atoms with van der Waals surface area (Å²) in [5.74, 6) is 1.98. The number of amides is 1. The topological polar surface area (TPSA) is 66.5 Å². The van der Waals surface area contributed by atoms with E-state index in [1.165, 1.54) is 42.1 Å². The van der Waals surface area contributed by atoms with Gasteiger partial charge in [-0.05, 0) is 105 Å². The second-order valence-corrected chi connectivity index (χ2v) is 12.1. The molecule has 0 aromatic heterocycles. The highest BCUT2D eigenvalue weighted by Crippen LogP contribution is 2.49. The normalized spacial score (nSPS) is 22.8. The molecule has 0 radical (unpaired) electrons. The molecule has 5 nitrogen and oxygen atoms in total. The lowest BCUT2D eigenvalue weighted by Gasteiger charge is -2.29. The van der Waals surface area contributed by atoms with Gasteiger partial charge in [-0.25, -0.2) is 8.42 Å². The molecule has 2 aromatic carbocycles. The van der Waals surface area contributed by atoms with E-state index in [1.807, 2.05) is 32.0 Å². The summed E-state index contributed by atoms with van der Waals surface area (Å²) >= 11 is 5.97. The number of hydrogen-bond acceptors (Lipinski definition) is 3. The third kappa shape index (κ3) is 5.38. The average Bonchev–Trinajstić information content (AvgIpc) is 3.37. The molecular weight excluding hydrogens is 456 g/mol. The summed E-state index contributed by atoms with van der Waals surface area (Å²) < 4.78 is 28.4. The van der Waals surface area contributed by atoms with Gasteiger partial charge < -0.3 is 5.32 Å². The monoisotopic (exact) mass is 488 g/mol. The summed E-state index contributed by atoms with van der Waals surface area (Å²) in [5.41, 5.74) is 2.50. The van der Waals surface area contributed by atoms with Gasteiger partial charge in [0.2, 0.25) is 5.91 Å². The van der Waals surface area contributed by atoms with Gasteiger partial charge in [-0.15, -0.1) is 0 Å². The van der Waals surface area contributed by atoms with Crippen LogP contribution in [0.15, 0.2) is 47.4 Å². The van der Waals surface area contributed by atoms with Crippen LogP contribution in [0.5, 0.6) is 0 Å². The molecule has 2 aliphatic rings. The average molecular weight is 489 g/mol. The molecule has 0 heterocycles. The van der Waals surface area contributed by atoms with E-state index < -0.39 is 10.0 Å². The van der Waals surface area contributed by atoms with Crippen molar-refractivity contribution >= 4 is 33.2 Å². The third-order valence-electron chi connectivity index (χ3n) is 7.26. The molecule has 33 heavy (non-hydrogen) atoms. The van der Waals surface area contributed by atoms with Crippen molar-refractivity contribution in [3.05, 3.63) is 58.6 Å². The van der Waals surface area contributed by atoms with E-state index in [2.05, 4.69) is 12.2 Å². The molecule has 2 fully saturated rings. The van der Waals surface area contributed by atoms with Crippen LogP contribution in [0.25, 0.3) is 0 Å². The lowest BCUT2D eigenvalue weighted by Crippen LogP contribution is -2.42. The zero-order valence-electron chi connectivity index (χ0n) is 19.6. The standard InChI is InChI=1S/C26H33ClN2O3S/c1-17-12-18(2)14-23(13-17)29(33(31,32)24-8-6-22(27)7-9-24)11-10-26(30)28-19(3)25-16-20-4-5-21(25)15-20/h6-9,12-14,19-21,25H,4-5,10-11,15-16H2,1-3H3,(H,28,30)/t19-,20-,21-,25+/m0/s1. The molecular formula is C26H33ClN2O3S. The minimum atomic E-state index is -3.86. The molecule has 2 aliphatic carbocycles. The van der Waals surface area contributed by atoms with Gasteiger partial charge in [0.25, 0.3) is 10.0 Å². The summed E-state index contributed by atoms with van der Waals surface area (Å²) in [7, 11) is -3.86. The quantitative estimate of drug-likeness (QED) is 0.534. The number of anilines is 1. The Morgan fingerprint density at radius 1 is 1.09 bits per heavy atom. The van der Waals surface area contributed by atoms with Crippen molar-refractivity contribution in [3.63, 3.8) is 0 Å². The molecule has 2 aromatic rings. The van der Waals surface area contributed by atoms with Crippen molar-refractivity contribution in [3.8, 4) is 0 Å². The number of aryl methyl sites for hydroxylation is 2. The second-order valence-electron chi connectivity index (χ2n) is 9.82. The number of hydrogen-bond donors (Lipinski definition) is 1. The molecule has 4 rings (SSSR count). The van der Waals surface area contributed by atoms with Gasteiger partial charge in [-0.3, -0.25) is 9.10 Å². The van der Waals surface area contributed by atoms with Crippen LogP contribution in [0.2, 0.25) is 5.02 Å². The number of carbonyl (C=O) groups excluding carboxylic acids is 1. The van der Waals surface area contributed by atoms with Gasteiger partial charge in [0.05, 0.1) is 10.6 Å². The summed E-state index contributed by atoms with van der Waals surface area (Å²) in [4.78, 5) is 13.0. The van der Waals surface area contributed by atoms with Crippen LogP contribution in [-0.4, -0.2) is 26.9 Å². The van der Waals surface area contributed by atoms with Gasteiger partial charge in [0.1, 0.15) is 0 Å². The zero-order valence-corrected chi connectivity index (χ0v) is 21.1. The molecule has 0 spiro atoms. The third-order valence-corrected chi connectivity index (χ3v) is 9.36. The molecule has 4 atom stereocenters. The van der Waals surface area contributed by atoms with Crippen molar-refractivity contribution in [2.75, 3.05) is 10.8 Å². The highest BCUT2D eigenvalue weighted by Gasteiger charge is 2.42. The van der Waals surface area contributed by atoms with E-state index >= 15 is 0 Å². The Morgan fingerprint density at radius 3 is 2.33 bits per heavy atom. The number of nitrogens with one attached hydrogen (secondary N) is 1. The van der Waals surface area contributed by atoms with Gasteiger partial charge in [0, 0.05) is 24.0 Å². The van der Waals surface area contributed by atoms with E-state index in [4.69, 9.17) is 11.6 Å². The fraction of sp³-hybridized carbons (Fsp3) is 0.500. The first-order chi connectivity index (χ1) is 15.6. The Morgan fingerprint density at radius 2 is 1.76 bits per heavy atom. The van der Waals surface area contributed by atoms with Crippen LogP contribution >= 0.6 is 11.6 Å². The van der Waals surface area contributed by atoms with E-state index in [0.29, 0.717) is 16.6 Å². The summed E-state index contributed by atoms with van der Waals surface area (Å²) in [6, 6.07) is 12.0. The number of nitrogens with zero attached hydrogens (tertiary/aromatic N) is 1. The Hall–Kier alpha value is -2.05. The predicted octanol–water partition coefficient (Wildman–Crippen LogP) is 5.48. The van der Waals surface area contributed by atoms with Crippen LogP contribution in [0.3, 0.4) is 0 Å². The number of fused-ring (bicyclic) bond motifs is 2. The Balaban J connectivity index is 1.51. The van der Waals surface area contributed by atoms with Gasteiger partial charge in [-0.1, -0.05) is 24.1 Å². The molecule has 1 N–H and O–H groups in total. The minimum Gasteiger partial charge on any atom is -0.353 e. The van der Waals surface area contributed by atoms with Crippen molar-refractivity contribution in [2.24, 2.45) is 17.8 Å². The summed E-state index contributed by atoms with van der Waals surface area (Å²) in [6.07, 6.45) is 5.20. The van der Waals surface area contributed by atoms with E-state index in [9.17, 15) is 13.2 Å². The fourth-order valence-electron chi connectivity index (χ4n) is 5.76. The molecule has 0 aliphatic heterocycles. The predicted molar refractivity (Wildman–Crippen MR) is 133 cm³/mol. The van der Waals surface area contributed by atoms with Gasteiger partial charge in [-0.2, -0.15) is 0 Å². The minimum absolute atomic E-state index is 0.0725. The molecule has 0 saturated heterocycles. The van der Waals surface area contributed by atoms with Gasteiger partial charge >= 0.3 is 0 Å². The summed E-state index contributed by atoms with van der Waals surface area (Å²) in [5, 5.41) is 3.63. The van der Waals surface area contributed by atoms with Crippen LogP contribution in [0.4, 0.5) is 5.69 Å². The molecule has 2 saturated carbocycles. The van der Waals surface area contributed by atoms with Crippen molar-refractivity contribution in [1.29, 1.82) is 0 Å². The molecule has 1 amide bonds. The molecule has 0 unspecified atom stereocenters. The Labute approximate surface area is 202 Å². The van der Waals surface area contributed by atoms with E-state index in [0.717, 1.165) is 23.0 Å². The lowest BCUT2D eigenvalue weighted by atomic mass is 9.84. The van der Waals surface area contributed by atoms with Crippen LogP contribution < -0.4 is 9.62 Å². The zero-order chi connectivity index (χ0) is 23.8. The van der Waals surface area contributed by atoms with Crippen molar-refractivity contribution in [2.45, 2.75) is 63.8 Å². The van der Waals surface area contributed by atoms with Crippen LogP contribution in [0.1, 0.15) is 50.2 Å². The first-order valence-corrected chi connectivity index (χ1v) is 13.6. The molecule has 178 valence electrons. The number of benzene rings is 2. The van der Waals surface area contributed by atoms with E-state index in [-0.39, 0.29) is 29.8 Å². The first-order valence-electron chi connectivity index (χ1n) is 11.8. The van der Waals surface area contributed by atoms with Crippen molar-refractivity contribution < 1.29 is 13.2 Å². The molecule has 7 heteroatoms. The SMILES string of the molecule is Cc1cc(C)cc(N(CCC(=O)N[C@@H](C)[C@H]2C[C@H]3CC[C@H]2C3)S(=O)(=O)c2ccc(Cl)cc2)c1. The van der Waals surface area contributed by atoms with Crippen molar-refractivity contribution in [1.82, 2.24) is 5.32 Å². The Bertz CT molecular complexity index is 1100. The number of halogens is 1. The largest absolute Gasteiger partial charge is 0.353 e. The van der Waals surface area contributed by atoms with E-state index in [1.54, 1.807) is 12.1 Å². The number of carbonyl (C=O) groups is 1. The number of sulfonamides is 1. The highest BCUT2D eigenvalue weighted by atomic mass is 35.5. The fourth-order valence-corrected chi connectivity index (χ4v) is 7.33. The lowest BCUT2D eigenvalue weighted by molar-refractivity contribution is -0.121. The van der Waals surface area contributed by atoms with Crippen LogP contribution in [-0.2, 0) is 14.8 Å². The highest BCUT2D eigenvalue weighted by molar-refractivity contribution is 7.92. The molecule has 2 bridgehead atoms. The smallest absolute Gasteiger partial charge is 0.264 e. The van der Waals surface area contributed by atoms with Gasteiger partial charge in [0.15, 0.2) is 0 Å². The Kier molecular flexibility index (Phi) is 7.06. The maximum absolute atomic E-state index is 13.5.